The van der Waals surface area contributed by atoms with E-state index in [1.807, 2.05) is 18.5 Å². The molecule has 1 N–H and O–H groups in total. The number of nitrogens with zero attached hydrogens (tertiary/aromatic N) is 1. The molecule has 0 aromatic carbocycles. The molecule has 84 valence electrons. The van der Waals surface area contributed by atoms with Gasteiger partial charge in [-0.3, -0.25) is 0 Å². The summed E-state index contributed by atoms with van der Waals surface area (Å²) in [5.74, 6) is 0.917. The van der Waals surface area contributed by atoms with Crippen LogP contribution in [0.1, 0.15) is 5.56 Å². The van der Waals surface area contributed by atoms with E-state index < -0.39 is 0 Å². The standard InChI is InChI=1S/C11H11BrN2S2/c1-15-9-2-3-11(14-6-9)13-5-8-4-10(12)16-7-8/h2-4,6-7H,5H2,1H3,(H,13,14). The molecular weight excluding hydrogens is 304 g/mol. The summed E-state index contributed by atoms with van der Waals surface area (Å²) in [6.07, 6.45) is 3.93. The maximum absolute atomic E-state index is 4.33. The predicted molar refractivity (Wildman–Crippen MR) is 75.4 cm³/mol. The second kappa shape index (κ2) is 5.70. The van der Waals surface area contributed by atoms with Crippen LogP contribution in [-0.4, -0.2) is 11.2 Å². The van der Waals surface area contributed by atoms with E-state index in [9.17, 15) is 0 Å². The lowest BCUT2D eigenvalue weighted by Gasteiger charge is -2.04. The Morgan fingerprint density at radius 1 is 1.50 bits per heavy atom. The van der Waals surface area contributed by atoms with Gasteiger partial charge in [0.25, 0.3) is 0 Å². The summed E-state index contributed by atoms with van der Waals surface area (Å²) in [7, 11) is 0. The summed E-state index contributed by atoms with van der Waals surface area (Å²) >= 11 is 6.85. The molecular formula is C11H11BrN2S2. The van der Waals surface area contributed by atoms with E-state index >= 15 is 0 Å². The highest BCUT2D eigenvalue weighted by molar-refractivity contribution is 9.11. The second-order valence-electron chi connectivity index (χ2n) is 3.20. The molecule has 5 heteroatoms. The fourth-order valence-electron chi connectivity index (χ4n) is 1.24. The molecule has 2 rings (SSSR count). The number of thiophene rings is 1. The van der Waals surface area contributed by atoms with Gasteiger partial charge < -0.3 is 5.32 Å². The van der Waals surface area contributed by atoms with Gasteiger partial charge in [-0.15, -0.1) is 23.1 Å². The van der Waals surface area contributed by atoms with E-state index in [2.05, 4.69) is 43.7 Å². The molecule has 0 atom stereocenters. The molecule has 0 saturated carbocycles. The molecule has 2 nitrogen and oxygen atoms in total. The number of rotatable bonds is 4. The van der Waals surface area contributed by atoms with Crippen LogP contribution in [-0.2, 0) is 6.54 Å². The SMILES string of the molecule is CSc1ccc(NCc2csc(Br)c2)nc1. The van der Waals surface area contributed by atoms with E-state index in [0.29, 0.717) is 0 Å². The summed E-state index contributed by atoms with van der Waals surface area (Å²) in [6.45, 7) is 0.813. The maximum Gasteiger partial charge on any atom is 0.126 e. The summed E-state index contributed by atoms with van der Waals surface area (Å²) in [4.78, 5) is 5.52. The van der Waals surface area contributed by atoms with Crippen molar-refractivity contribution in [1.29, 1.82) is 0 Å². The highest BCUT2D eigenvalue weighted by Gasteiger charge is 1.98. The van der Waals surface area contributed by atoms with Crippen molar-refractivity contribution in [3.63, 3.8) is 0 Å². The lowest BCUT2D eigenvalue weighted by atomic mass is 10.3. The number of hydrogen-bond donors (Lipinski definition) is 1. The van der Waals surface area contributed by atoms with E-state index in [-0.39, 0.29) is 0 Å². The molecule has 0 aliphatic rings. The van der Waals surface area contributed by atoms with Crippen molar-refractivity contribution in [3.8, 4) is 0 Å². The van der Waals surface area contributed by atoms with E-state index in [1.54, 1.807) is 23.1 Å². The van der Waals surface area contributed by atoms with Crippen LogP contribution in [0.2, 0.25) is 0 Å². The number of anilines is 1. The fourth-order valence-corrected chi connectivity index (χ4v) is 2.81. The molecule has 2 aromatic rings. The van der Waals surface area contributed by atoms with E-state index in [1.165, 1.54) is 10.5 Å². The van der Waals surface area contributed by atoms with Crippen LogP contribution in [0.5, 0.6) is 0 Å². The van der Waals surface area contributed by atoms with Crippen LogP contribution in [0, 0.1) is 0 Å². The molecule has 0 aliphatic heterocycles. The Morgan fingerprint density at radius 3 is 2.94 bits per heavy atom. The zero-order valence-electron chi connectivity index (χ0n) is 8.74. The van der Waals surface area contributed by atoms with Crippen LogP contribution >= 0.6 is 39.0 Å². The zero-order valence-corrected chi connectivity index (χ0v) is 12.0. The maximum atomic E-state index is 4.33. The lowest BCUT2D eigenvalue weighted by Crippen LogP contribution is -1.99. The molecule has 0 fully saturated rings. The van der Waals surface area contributed by atoms with Crippen molar-refractivity contribution in [2.75, 3.05) is 11.6 Å². The van der Waals surface area contributed by atoms with Crippen LogP contribution in [0.25, 0.3) is 0 Å². The molecule has 0 unspecified atom stereocenters. The average molecular weight is 315 g/mol. The second-order valence-corrected chi connectivity index (χ2v) is 6.37. The Hall–Kier alpha value is -0.520. The van der Waals surface area contributed by atoms with Crippen molar-refractivity contribution >= 4 is 44.8 Å². The van der Waals surface area contributed by atoms with Gasteiger partial charge in [0.15, 0.2) is 0 Å². The van der Waals surface area contributed by atoms with Gasteiger partial charge in [-0.1, -0.05) is 0 Å². The minimum atomic E-state index is 0.813. The first-order valence-electron chi connectivity index (χ1n) is 4.75. The normalized spacial score (nSPS) is 10.4. The van der Waals surface area contributed by atoms with Gasteiger partial charge in [0.05, 0.1) is 3.79 Å². The highest BCUT2D eigenvalue weighted by atomic mass is 79.9. The van der Waals surface area contributed by atoms with Gasteiger partial charge in [-0.25, -0.2) is 4.98 Å². The summed E-state index contributed by atoms with van der Waals surface area (Å²) in [5.41, 5.74) is 1.27. The van der Waals surface area contributed by atoms with Crippen molar-refractivity contribution < 1.29 is 0 Å². The van der Waals surface area contributed by atoms with Crippen molar-refractivity contribution in [3.05, 3.63) is 39.1 Å². The number of thioether (sulfide) groups is 1. The third-order valence-corrected chi connectivity index (χ3v) is 4.33. The Kier molecular flexibility index (Phi) is 4.26. The van der Waals surface area contributed by atoms with Gasteiger partial charge >= 0.3 is 0 Å². The van der Waals surface area contributed by atoms with Crippen LogP contribution < -0.4 is 5.32 Å². The first-order valence-corrected chi connectivity index (χ1v) is 7.64. The van der Waals surface area contributed by atoms with Gasteiger partial charge in [-0.2, -0.15) is 0 Å². The Labute approximate surface area is 112 Å². The number of hydrogen-bond acceptors (Lipinski definition) is 4. The number of halogens is 1. The molecule has 2 aromatic heterocycles. The van der Waals surface area contributed by atoms with Crippen LogP contribution in [0.3, 0.4) is 0 Å². The largest absolute Gasteiger partial charge is 0.366 e. The number of pyridine rings is 1. The topological polar surface area (TPSA) is 24.9 Å². The molecule has 0 spiro atoms. The first kappa shape index (κ1) is 12.0. The van der Waals surface area contributed by atoms with Crippen LogP contribution in [0.15, 0.2) is 38.5 Å². The predicted octanol–water partition coefficient (Wildman–Crippen LogP) is 4.24. The lowest BCUT2D eigenvalue weighted by molar-refractivity contribution is 1.11. The molecule has 0 aliphatic carbocycles. The van der Waals surface area contributed by atoms with Gasteiger partial charge in [-0.05, 0) is 51.3 Å². The van der Waals surface area contributed by atoms with Crippen LogP contribution in [0.4, 0.5) is 5.82 Å². The molecule has 0 saturated heterocycles. The Bertz CT molecular complexity index is 453. The van der Waals surface area contributed by atoms with Crippen molar-refractivity contribution in [1.82, 2.24) is 4.98 Å². The fraction of sp³-hybridized carbons (Fsp3) is 0.182. The monoisotopic (exact) mass is 314 g/mol. The third kappa shape index (κ3) is 3.23. The Morgan fingerprint density at radius 2 is 2.38 bits per heavy atom. The number of aromatic nitrogens is 1. The highest BCUT2D eigenvalue weighted by Crippen LogP contribution is 2.21. The molecule has 0 amide bonds. The van der Waals surface area contributed by atoms with E-state index in [0.717, 1.165) is 16.1 Å². The van der Waals surface area contributed by atoms with Crippen molar-refractivity contribution in [2.45, 2.75) is 11.4 Å². The van der Waals surface area contributed by atoms with Gasteiger partial charge in [0, 0.05) is 17.6 Å². The Balaban J connectivity index is 1.94. The average Bonchev–Trinajstić information content (AvgIpc) is 2.73. The zero-order chi connectivity index (χ0) is 11.4. The smallest absolute Gasteiger partial charge is 0.126 e. The molecule has 2 heterocycles. The summed E-state index contributed by atoms with van der Waals surface area (Å²) < 4.78 is 1.16. The molecule has 16 heavy (non-hydrogen) atoms. The minimum Gasteiger partial charge on any atom is -0.366 e. The quantitative estimate of drug-likeness (QED) is 0.854. The van der Waals surface area contributed by atoms with E-state index in [4.69, 9.17) is 0 Å². The van der Waals surface area contributed by atoms with Gasteiger partial charge in [0.1, 0.15) is 5.82 Å². The third-order valence-electron chi connectivity index (χ3n) is 2.07. The summed E-state index contributed by atoms with van der Waals surface area (Å²) in [6, 6.07) is 6.20. The van der Waals surface area contributed by atoms with Crippen molar-refractivity contribution in [2.24, 2.45) is 0 Å². The first-order chi connectivity index (χ1) is 7.78. The minimum absolute atomic E-state index is 0.813. The van der Waals surface area contributed by atoms with Gasteiger partial charge in [0.2, 0.25) is 0 Å². The molecule has 0 bridgehead atoms. The number of nitrogens with one attached hydrogen (secondary N) is 1. The summed E-state index contributed by atoms with van der Waals surface area (Å²) in [5, 5.41) is 5.42. The molecule has 0 radical (unpaired) electrons.